The predicted octanol–water partition coefficient (Wildman–Crippen LogP) is 3.33. The van der Waals surface area contributed by atoms with Crippen LogP contribution >= 0.6 is 24.0 Å². The molecule has 0 amide bonds. The number of rotatable bonds is 9. The van der Waals surface area contributed by atoms with Crippen LogP contribution in [0.3, 0.4) is 0 Å². The molecule has 1 aliphatic heterocycles. The minimum Gasteiger partial charge on any atom is -0.378 e. The molecule has 8 heteroatoms. The third-order valence-corrected chi connectivity index (χ3v) is 5.45. The lowest BCUT2D eigenvalue weighted by atomic mass is 9.98. The molecule has 1 saturated heterocycles. The standard InChI is InChI=1S/C22H37N5O2.HI/c1-2-23-22(25-12-7-15-29-20-9-4-3-5-10-20)26-18-19-8-6-11-24-21(19)27-13-16-28-17-14-27;/h6,8,11,20H,2-5,7,9-10,12-18H2,1H3,(H2,23,25,26);1H. The Bertz CT molecular complexity index is 619. The van der Waals surface area contributed by atoms with Crippen LogP contribution < -0.4 is 15.5 Å². The van der Waals surface area contributed by atoms with E-state index in [1.54, 1.807) is 0 Å². The molecule has 1 aliphatic carbocycles. The molecular weight excluding hydrogens is 493 g/mol. The van der Waals surface area contributed by atoms with Crippen molar-refractivity contribution in [2.45, 2.75) is 58.1 Å². The van der Waals surface area contributed by atoms with Gasteiger partial charge in [0, 0.05) is 44.5 Å². The number of nitrogens with one attached hydrogen (secondary N) is 2. The fourth-order valence-electron chi connectivity index (χ4n) is 3.88. The van der Waals surface area contributed by atoms with Crippen molar-refractivity contribution in [2.75, 3.05) is 50.9 Å². The highest BCUT2D eigenvalue weighted by Gasteiger charge is 2.16. The van der Waals surface area contributed by atoms with Crippen LogP contribution in [0.1, 0.15) is 51.0 Å². The van der Waals surface area contributed by atoms with Crippen molar-refractivity contribution in [3.63, 3.8) is 0 Å². The summed E-state index contributed by atoms with van der Waals surface area (Å²) in [5, 5.41) is 6.77. The minimum atomic E-state index is 0. The topological polar surface area (TPSA) is 71.0 Å². The van der Waals surface area contributed by atoms with E-state index < -0.39 is 0 Å². The number of guanidine groups is 1. The quantitative estimate of drug-likeness (QED) is 0.221. The predicted molar refractivity (Wildman–Crippen MR) is 133 cm³/mol. The van der Waals surface area contributed by atoms with Crippen molar-refractivity contribution in [3.8, 4) is 0 Å². The molecule has 0 unspecified atom stereocenters. The Morgan fingerprint density at radius 3 is 2.80 bits per heavy atom. The monoisotopic (exact) mass is 531 g/mol. The molecule has 1 aromatic heterocycles. The normalized spacial score (nSPS) is 18.0. The van der Waals surface area contributed by atoms with Crippen LogP contribution in [0.15, 0.2) is 23.3 Å². The fraction of sp³-hybridized carbons (Fsp3) is 0.727. The van der Waals surface area contributed by atoms with E-state index >= 15 is 0 Å². The maximum atomic E-state index is 6.01. The fourth-order valence-corrected chi connectivity index (χ4v) is 3.88. The molecule has 0 atom stereocenters. The molecule has 2 heterocycles. The number of pyridine rings is 1. The van der Waals surface area contributed by atoms with Crippen LogP contribution in [0.5, 0.6) is 0 Å². The van der Waals surface area contributed by atoms with Crippen LogP contribution in [0.25, 0.3) is 0 Å². The van der Waals surface area contributed by atoms with Crippen LogP contribution in [-0.4, -0.2) is 63.0 Å². The number of aromatic nitrogens is 1. The Labute approximate surface area is 198 Å². The summed E-state index contributed by atoms with van der Waals surface area (Å²) >= 11 is 0. The molecule has 2 aliphatic rings. The molecule has 170 valence electrons. The van der Waals surface area contributed by atoms with E-state index in [1.807, 2.05) is 12.3 Å². The highest BCUT2D eigenvalue weighted by Crippen LogP contribution is 2.20. The van der Waals surface area contributed by atoms with Crippen molar-refractivity contribution in [3.05, 3.63) is 23.9 Å². The van der Waals surface area contributed by atoms with Gasteiger partial charge < -0.3 is 25.0 Å². The van der Waals surface area contributed by atoms with Crippen LogP contribution in [0, 0.1) is 0 Å². The highest BCUT2D eigenvalue weighted by molar-refractivity contribution is 14.0. The Morgan fingerprint density at radius 1 is 1.23 bits per heavy atom. The van der Waals surface area contributed by atoms with E-state index in [0.717, 1.165) is 69.8 Å². The van der Waals surface area contributed by atoms with E-state index in [4.69, 9.17) is 14.5 Å². The lowest BCUT2D eigenvalue weighted by molar-refractivity contribution is 0.0277. The molecule has 0 bridgehead atoms. The minimum absolute atomic E-state index is 0. The van der Waals surface area contributed by atoms with E-state index in [-0.39, 0.29) is 24.0 Å². The third-order valence-electron chi connectivity index (χ3n) is 5.45. The van der Waals surface area contributed by atoms with Gasteiger partial charge >= 0.3 is 0 Å². The summed E-state index contributed by atoms with van der Waals surface area (Å²) in [6, 6.07) is 4.10. The summed E-state index contributed by atoms with van der Waals surface area (Å²) in [6.45, 7) is 8.50. The zero-order valence-corrected chi connectivity index (χ0v) is 20.6. The van der Waals surface area contributed by atoms with Gasteiger partial charge in [0.05, 0.1) is 25.9 Å². The van der Waals surface area contributed by atoms with Gasteiger partial charge in [-0.2, -0.15) is 0 Å². The zero-order valence-electron chi connectivity index (χ0n) is 18.3. The molecule has 0 spiro atoms. The van der Waals surface area contributed by atoms with Gasteiger partial charge in [-0.1, -0.05) is 25.3 Å². The zero-order chi connectivity index (χ0) is 20.2. The van der Waals surface area contributed by atoms with E-state index in [0.29, 0.717) is 12.6 Å². The second-order valence-electron chi connectivity index (χ2n) is 7.69. The summed E-state index contributed by atoms with van der Waals surface area (Å²) in [4.78, 5) is 11.7. The van der Waals surface area contributed by atoms with Gasteiger partial charge in [0.1, 0.15) is 5.82 Å². The molecule has 7 nitrogen and oxygen atoms in total. The molecule has 1 aromatic rings. The van der Waals surface area contributed by atoms with Gasteiger partial charge in [-0.3, -0.25) is 0 Å². The third kappa shape index (κ3) is 8.55. The number of anilines is 1. The van der Waals surface area contributed by atoms with Gasteiger partial charge in [-0.15, -0.1) is 24.0 Å². The number of hydrogen-bond donors (Lipinski definition) is 2. The van der Waals surface area contributed by atoms with Crippen molar-refractivity contribution in [1.29, 1.82) is 0 Å². The summed E-state index contributed by atoms with van der Waals surface area (Å²) < 4.78 is 11.5. The van der Waals surface area contributed by atoms with Gasteiger partial charge in [0.25, 0.3) is 0 Å². The molecule has 0 aromatic carbocycles. The van der Waals surface area contributed by atoms with Crippen molar-refractivity contribution in [1.82, 2.24) is 15.6 Å². The van der Waals surface area contributed by atoms with Gasteiger partial charge in [-0.25, -0.2) is 9.98 Å². The molecule has 1 saturated carbocycles. The number of nitrogens with zero attached hydrogens (tertiary/aromatic N) is 3. The SMILES string of the molecule is CCNC(=NCc1cccnc1N1CCOCC1)NCCCOC1CCCCC1.I. The first-order valence-corrected chi connectivity index (χ1v) is 11.3. The van der Waals surface area contributed by atoms with E-state index in [1.165, 1.54) is 32.1 Å². The highest BCUT2D eigenvalue weighted by atomic mass is 127. The molecule has 2 N–H and O–H groups in total. The smallest absolute Gasteiger partial charge is 0.191 e. The summed E-state index contributed by atoms with van der Waals surface area (Å²) in [7, 11) is 0. The average molecular weight is 531 g/mol. The number of halogens is 1. The largest absolute Gasteiger partial charge is 0.378 e. The first-order valence-electron chi connectivity index (χ1n) is 11.3. The first kappa shape index (κ1) is 25.1. The van der Waals surface area contributed by atoms with Crippen molar-refractivity contribution < 1.29 is 9.47 Å². The van der Waals surface area contributed by atoms with Crippen LogP contribution in [0.4, 0.5) is 5.82 Å². The Hall–Kier alpha value is -1.13. The average Bonchev–Trinajstić information content (AvgIpc) is 2.78. The van der Waals surface area contributed by atoms with Crippen LogP contribution in [-0.2, 0) is 16.0 Å². The van der Waals surface area contributed by atoms with E-state index in [9.17, 15) is 0 Å². The Morgan fingerprint density at radius 2 is 2.03 bits per heavy atom. The molecule has 3 rings (SSSR count). The Kier molecular flexibility index (Phi) is 12.4. The van der Waals surface area contributed by atoms with E-state index in [2.05, 4.69) is 33.5 Å². The maximum absolute atomic E-state index is 6.01. The first-order chi connectivity index (χ1) is 14.4. The number of ether oxygens (including phenoxy) is 2. The number of hydrogen-bond acceptors (Lipinski definition) is 5. The van der Waals surface area contributed by atoms with Gasteiger partial charge in [0.2, 0.25) is 0 Å². The summed E-state index contributed by atoms with van der Waals surface area (Å²) in [5.74, 6) is 1.87. The molecule has 0 radical (unpaired) electrons. The van der Waals surface area contributed by atoms with Crippen molar-refractivity contribution >= 4 is 35.8 Å². The molecule has 2 fully saturated rings. The molecule has 30 heavy (non-hydrogen) atoms. The number of morpholine rings is 1. The Balaban J connectivity index is 0.00000320. The van der Waals surface area contributed by atoms with Crippen molar-refractivity contribution in [2.24, 2.45) is 4.99 Å². The second-order valence-corrected chi connectivity index (χ2v) is 7.69. The second kappa shape index (κ2) is 14.8. The number of aliphatic imine (C=N–C) groups is 1. The molecular formula is C22H38IN5O2. The lowest BCUT2D eigenvalue weighted by Crippen LogP contribution is -2.38. The lowest BCUT2D eigenvalue weighted by Gasteiger charge is -2.29. The summed E-state index contributed by atoms with van der Waals surface area (Å²) in [6.07, 6.45) is 9.80. The van der Waals surface area contributed by atoms with Gasteiger partial charge in [-0.05, 0) is 32.3 Å². The maximum Gasteiger partial charge on any atom is 0.191 e. The van der Waals surface area contributed by atoms with Crippen LogP contribution in [0.2, 0.25) is 0 Å². The summed E-state index contributed by atoms with van der Waals surface area (Å²) in [5.41, 5.74) is 1.15. The van der Waals surface area contributed by atoms with Gasteiger partial charge in [0.15, 0.2) is 5.96 Å².